The minimum Gasteiger partial charge on any atom is -0.0988 e. The minimum absolute atomic E-state index is 0.970. The molecule has 90 valence electrons. The summed E-state index contributed by atoms with van der Waals surface area (Å²) in [6.45, 7) is 14.1. The molecule has 0 heteroatoms. The maximum Gasteiger partial charge on any atom is -0.00760 e. The van der Waals surface area contributed by atoms with Gasteiger partial charge in [-0.05, 0) is 52.9 Å². The molecule has 0 nitrogen and oxygen atoms in total. The van der Waals surface area contributed by atoms with E-state index in [0.29, 0.717) is 0 Å². The van der Waals surface area contributed by atoms with E-state index in [9.17, 15) is 0 Å². The van der Waals surface area contributed by atoms with Gasteiger partial charge < -0.3 is 0 Å². The van der Waals surface area contributed by atoms with Crippen LogP contribution in [0.3, 0.4) is 0 Å². The van der Waals surface area contributed by atoms with Gasteiger partial charge in [-0.1, -0.05) is 48.1 Å². The van der Waals surface area contributed by atoms with E-state index in [-0.39, 0.29) is 0 Å². The van der Waals surface area contributed by atoms with Crippen LogP contribution in [0.4, 0.5) is 0 Å². The first-order valence-electron chi connectivity index (χ1n) is 6.17. The molecule has 0 fully saturated rings. The molecule has 0 aromatic carbocycles. The van der Waals surface area contributed by atoms with Crippen molar-refractivity contribution < 1.29 is 0 Å². The topological polar surface area (TPSA) is 0 Å². The van der Waals surface area contributed by atoms with Crippen LogP contribution in [0.2, 0.25) is 0 Å². The van der Waals surface area contributed by atoms with Crippen molar-refractivity contribution in [1.82, 2.24) is 0 Å². The molecular weight excluding hydrogens is 192 g/mol. The molecule has 16 heavy (non-hydrogen) atoms. The predicted octanol–water partition coefficient (Wildman–Crippen LogP) is 5.59. The van der Waals surface area contributed by atoms with Gasteiger partial charge in [-0.3, -0.25) is 0 Å². The Morgan fingerprint density at radius 1 is 1.12 bits per heavy atom. The number of hydrogen-bond donors (Lipinski definition) is 0. The van der Waals surface area contributed by atoms with Crippen LogP contribution >= 0.6 is 0 Å². The number of hydrogen-bond acceptors (Lipinski definition) is 0. The van der Waals surface area contributed by atoms with Crippen molar-refractivity contribution in [2.75, 3.05) is 0 Å². The van der Waals surface area contributed by atoms with E-state index in [0.717, 1.165) is 12.0 Å². The normalized spacial score (nSPS) is 12.7. The highest BCUT2D eigenvalue weighted by Crippen LogP contribution is 2.13. The van der Waals surface area contributed by atoms with Crippen molar-refractivity contribution in [2.24, 2.45) is 0 Å². The van der Waals surface area contributed by atoms with Crippen molar-refractivity contribution >= 4 is 0 Å². The fourth-order valence-corrected chi connectivity index (χ4v) is 1.54. The zero-order chi connectivity index (χ0) is 12.4. The van der Waals surface area contributed by atoms with Gasteiger partial charge >= 0.3 is 0 Å². The van der Waals surface area contributed by atoms with E-state index in [1.165, 1.54) is 36.8 Å². The Morgan fingerprint density at radius 2 is 1.81 bits per heavy atom. The molecule has 0 amide bonds. The lowest BCUT2D eigenvalue weighted by Crippen LogP contribution is -1.82. The SMILES string of the molecule is C=CC(=C)CC(C)=CCCCCC(C)=CC. The molecule has 0 saturated carbocycles. The lowest BCUT2D eigenvalue weighted by molar-refractivity contribution is 0.738. The summed E-state index contributed by atoms with van der Waals surface area (Å²) in [4.78, 5) is 0. The third kappa shape index (κ3) is 8.28. The molecule has 0 N–H and O–H groups in total. The Kier molecular flexibility index (Phi) is 8.61. The van der Waals surface area contributed by atoms with E-state index in [2.05, 4.69) is 46.1 Å². The van der Waals surface area contributed by atoms with Crippen molar-refractivity contribution in [3.8, 4) is 0 Å². The summed E-state index contributed by atoms with van der Waals surface area (Å²) in [7, 11) is 0. The Labute approximate surface area is 101 Å². The summed E-state index contributed by atoms with van der Waals surface area (Å²) in [5.74, 6) is 0. The Balaban J connectivity index is 3.67. The van der Waals surface area contributed by atoms with Gasteiger partial charge in [-0.2, -0.15) is 0 Å². The molecule has 0 heterocycles. The minimum atomic E-state index is 0.970. The van der Waals surface area contributed by atoms with Crippen LogP contribution in [0.1, 0.15) is 52.9 Å². The summed E-state index contributed by atoms with van der Waals surface area (Å²) >= 11 is 0. The fourth-order valence-electron chi connectivity index (χ4n) is 1.54. The van der Waals surface area contributed by atoms with E-state index in [1.54, 1.807) is 0 Å². The summed E-state index contributed by atoms with van der Waals surface area (Å²) in [6.07, 6.45) is 12.3. The van der Waals surface area contributed by atoms with Gasteiger partial charge in [0.1, 0.15) is 0 Å². The van der Waals surface area contributed by atoms with E-state index < -0.39 is 0 Å². The maximum absolute atomic E-state index is 3.93. The molecule has 0 atom stereocenters. The predicted molar refractivity (Wildman–Crippen MR) is 75.6 cm³/mol. The van der Waals surface area contributed by atoms with Crippen LogP contribution in [-0.2, 0) is 0 Å². The molecule has 0 rings (SSSR count). The number of allylic oxidation sites excluding steroid dienone is 6. The van der Waals surface area contributed by atoms with Gasteiger partial charge in [0.2, 0.25) is 0 Å². The molecule has 0 saturated heterocycles. The van der Waals surface area contributed by atoms with Crippen LogP contribution in [0.15, 0.2) is 48.1 Å². The summed E-state index contributed by atoms with van der Waals surface area (Å²) < 4.78 is 0. The van der Waals surface area contributed by atoms with Crippen LogP contribution in [-0.4, -0.2) is 0 Å². The highest BCUT2D eigenvalue weighted by Gasteiger charge is 1.93. The van der Waals surface area contributed by atoms with E-state index in [1.807, 2.05) is 6.08 Å². The lowest BCUT2D eigenvalue weighted by atomic mass is 10.0. The van der Waals surface area contributed by atoms with Crippen LogP contribution in [0, 0.1) is 0 Å². The first-order valence-corrected chi connectivity index (χ1v) is 6.17. The van der Waals surface area contributed by atoms with Gasteiger partial charge in [0.05, 0.1) is 0 Å². The molecule has 0 aliphatic carbocycles. The molecule has 0 unspecified atom stereocenters. The molecule has 0 aromatic rings. The van der Waals surface area contributed by atoms with Gasteiger partial charge in [-0.25, -0.2) is 0 Å². The molecule has 0 bridgehead atoms. The van der Waals surface area contributed by atoms with Crippen LogP contribution in [0.25, 0.3) is 0 Å². The quantitative estimate of drug-likeness (QED) is 0.283. The highest BCUT2D eigenvalue weighted by molar-refractivity contribution is 5.19. The van der Waals surface area contributed by atoms with Crippen molar-refractivity contribution in [3.63, 3.8) is 0 Å². The van der Waals surface area contributed by atoms with Crippen molar-refractivity contribution in [1.29, 1.82) is 0 Å². The monoisotopic (exact) mass is 218 g/mol. The average molecular weight is 218 g/mol. The van der Waals surface area contributed by atoms with Crippen molar-refractivity contribution in [3.05, 3.63) is 48.1 Å². The first kappa shape index (κ1) is 15.0. The zero-order valence-electron chi connectivity index (χ0n) is 11.2. The third-order valence-electron chi connectivity index (χ3n) is 2.81. The van der Waals surface area contributed by atoms with Crippen molar-refractivity contribution in [2.45, 2.75) is 52.9 Å². The summed E-state index contributed by atoms with van der Waals surface area (Å²) in [6, 6.07) is 0. The fraction of sp³-hybridized carbons (Fsp3) is 0.500. The average Bonchev–Trinajstić information content (AvgIpc) is 2.27. The van der Waals surface area contributed by atoms with Gasteiger partial charge in [0, 0.05) is 0 Å². The van der Waals surface area contributed by atoms with Crippen LogP contribution in [0.5, 0.6) is 0 Å². The largest absolute Gasteiger partial charge is 0.0988 e. The maximum atomic E-state index is 3.93. The summed E-state index contributed by atoms with van der Waals surface area (Å²) in [5.41, 5.74) is 4.02. The molecular formula is C16H26. The van der Waals surface area contributed by atoms with Gasteiger partial charge in [-0.15, -0.1) is 0 Å². The summed E-state index contributed by atoms with van der Waals surface area (Å²) in [5, 5.41) is 0. The Bertz CT molecular complexity index is 276. The number of rotatable bonds is 8. The second-order valence-corrected chi connectivity index (χ2v) is 4.47. The van der Waals surface area contributed by atoms with Gasteiger partial charge in [0.15, 0.2) is 0 Å². The number of unbranched alkanes of at least 4 members (excludes halogenated alkanes) is 2. The first-order chi connectivity index (χ1) is 7.60. The second-order valence-electron chi connectivity index (χ2n) is 4.47. The van der Waals surface area contributed by atoms with E-state index >= 15 is 0 Å². The molecule has 0 spiro atoms. The smallest absolute Gasteiger partial charge is 0.00760 e. The van der Waals surface area contributed by atoms with E-state index in [4.69, 9.17) is 0 Å². The molecule has 0 aliphatic rings. The third-order valence-corrected chi connectivity index (χ3v) is 2.81. The van der Waals surface area contributed by atoms with Gasteiger partial charge in [0.25, 0.3) is 0 Å². The van der Waals surface area contributed by atoms with Crippen LogP contribution < -0.4 is 0 Å². The standard InChI is InChI=1S/C16H26/c1-6-14(3)11-9-8-10-12-16(5)13-15(4)7-2/h6-7,12H,2,4,8-11,13H2,1,3,5H3. The molecule has 0 aliphatic heterocycles. The zero-order valence-corrected chi connectivity index (χ0v) is 11.2. The Morgan fingerprint density at radius 3 is 2.38 bits per heavy atom. The lowest BCUT2D eigenvalue weighted by Gasteiger charge is -2.02. The second kappa shape index (κ2) is 9.21. The molecule has 0 aromatic heterocycles. The Hall–Kier alpha value is -1.04. The highest BCUT2D eigenvalue weighted by atomic mass is 14.0. The molecule has 0 radical (unpaired) electrons.